The maximum absolute atomic E-state index is 14.5. The topological polar surface area (TPSA) is 27.7 Å². The number of rotatable bonds is 3. The first kappa shape index (κ1) is 15.8. The van der Waals surface area contributed by atoms with E-state index in [0.717, 1.165) is 0 Å². The van der Waals surface area contributed by atoms with Crippen LogP contribution in [0.1, 0.15) is 34.6 Å². The summed E-state index contributed by atoms with van der Waals surface area (Å²) in [7, 11) is -0.716. The van der Waals surface area contributed by atoms with E-state index < -0.39 is 24.1 Å². The van der Waals surface area contributed by atoms with Gasteiger partial charge in [0.15, 0.2) is 0 Å². The maximum Gasteiger partial charge on any atom is 0.497 e. The van der Waals surface area contributed by atoms with E-state index in [9.17, 15) is 4.39 Å². The van der Waals surface area contributed by atoms with Gasteiger partial charge in [-0.1, -0.05) is 6.07 Å². The third kappa shape index (κ3) is 2.61. The van der Waals surface area contributed by atoms with Gasteiger partial charge in [0, 0.05) is 5.46 Å². The molecule has 3 nitrogen and oxygen atoms in total. The first-order valence-electron chi connectivity index (χ1n) is 6.66. The summed E-state index contributed by atoms with van der Waals surface area (Å²) in [5.74, 6) is 0.0692. The van der Waals surface area contributed by atoms with Crippen LogP contribution in [0.2, 0.25) is 0 Å². The van der Waals surface area contributed by atoms with Crippen molar-refractivity contribution in [2.24, 2.45) is 0 Å². The fraction of sp³-hybridized carbons (Fsp3) is 0.571. The Morgan fingerprint density at radius 3 is 2.25 bits per heavy atom. The van der Waals surface area contributed by atoms with Crippen molar-refractivity contribution in [1.29, 1.82) is 0 Å². The lowest BCUT2D eigenvalue weighted by atomic mass is 9.78. The molecule has 1 fully saturated rings. The Balaban J connectivity index is 2.34. The van der Waals surface area contributed by atoms with E-state index in [1.54, 1.807) is 12.1 Å². The molecule has 0 aliphatic carbocycles. The molecule has 0 aromatic heterocycles. The summed E-state index contributed by atoms with van der Waals surface area (Å²) in [5.41, 5.74) is -0.608. The molecule has 2 rings (SSSR count). The highest BCUT2D eigenvalue weighted by Gasteiger charge is 2.52. The van der Waals surface area contributed by atoms with Crippen molar-refractivity contribution >= 4 is 28.5 Å². The lowest BCUT2D eigenvalue weighted by Crippen LogP contribution is -2.41. The average Bonchev–Trinajstić information content (AvgIpc) is 2.55. The summed E-state index contributed by atoms with van der Waals surface area (Å²) in [6.07, 6.45) is 0. The van der Waals surface area contributed by atoms with Gasteiger partial charge < -0.3 is 14.0 Å². The third-order valence-electron chi connectivity index (χ3n) is 3.88. The van der Waals surface area contributed by atoms with Crippen LogP contribution in [0.25, 0.3) is 0 Å². The molecule has 1 aromatic rings. The third-order valence-corrected chi connectivity index (χ3v) is 4.62. The van der Waals surface area contributed by atoms with Gasteiger partial charge in [-0.15, -0.1) is 0 Å². The molecule has 6 heteroatoms. The van der Waals surface area contributed by atoms with Crippen LogP contribution in [0.15, 0.2) is 16.6 Å². The van der Waals surface area contributed by atoms with Crippen molar-refractivity contribution in [3.05, 3.63) is 22.4 Å². The highest BCUT2D eigenvalue weighted by atomic mass is 79.9. The number of halogens is 2. The standard InChI is InChI=1S/C14H19BBrFO3/c1-6-18-10-8-7-9(12(17)11(10)16)15-19-13(2,3)14(4,5)20-15/h7-8H,6H2,1-5H3. The Morgan fingerprint density at radius 2 is 1.75 bits per heavy atom. The van der Waals surface area contributed by atoms with Crippen LogP contribution >= 0.6 is 15.9 Å². The Morgan fingerprint density at radius 1 is 1.20 bits per heavy atom. The first-order valence-corrected chi connectivity index (χ1v) is 7.45. The molecule has 0 bridgehead atoms. The van der Waals surface area contributed by atoms with E-state index in [1.807, 2.05) is 34.6 Å². The Kier molecular flexibility index (Phi) is 4.20. The van der Waals surface area contributed by atoms with E-state index in [0.29, 0.717) is 22.3 Å². The number of ether oxygens (including phenoxy) is 1. The molecule has 0 radical (unpaired) electrons. The molecule has 1 aromatic carbocycles. The lowest BCUT2D eigenvalue weighted by molar-refractivity contribution is 0.00578. The SMILES string of the molecule is CCOc1ccc(B2OC(C)(C)C(C)(C)O2)c(F)c1Br. The number of hydrogen-bond donors (Lipinski definition) is 0. The van der Waals surface area contributed by atoms with Crippen LogP contribution in [0, 0.1) is 5.82 Å². The quantitative estimate of drug-likeness (QED) is 0.787. The van der Waals surface area contributed by atoms with Crippen LogP contribution in [-0.2, 0) is 9.31 Å². The average molecular weight is 345 g/mol. The van der Waals surface area contributed by atoms with Gasteiger partial charge in [0.1, 0.15) is 11.6 Å². The molecular weight excluding hydrogens is 326 g/mol. The van der Waals surface area contributed by atoms with Gasteiger partial charge in [0.05, 0.1) is 22.3 Å². The molecule has 1 aliphatic heterocycles. The zero-order chi connectivity index (χ0) is 15.1. The largest absolute Gasteiger partial charge is 0.497 e. The fourth-order valence-corrected chi connectivity index (χ4v) is 2.44. The highest BCUT2D eigenvalue weighted by molar-refractivity contribution is 9.10. The molecule has 20 heavy (non-hydrogen) atoms. The lowest BCUT2D eigenvalue weighted by Gasteiger charge is -2.32. The molecule has 1 heterocycles. The molecule has 0 atom stereocenters. The molecule has 0 saturated carbocycles. The maximum atomic E-state index is 14.5. The zero-order valence-corrected chi connectivity index (χ0v) is 14.0. The van der Waals surface area contributed by atoms with Crippen molar-refractivity contribution in [1.82, 2.24) is 0 Å². The Hall–Kier alpha value is -0.585. The van der Waals surface area contributed by atoms with Crippen LogP contribution in [0.3, 0.4) is 0 Å². The summed E-state index contributed by atoms with van der Waals surface area (Å²) in [6.45, 7) is 10.1. The Bertz CT molecular complexity index is 503. The Labute approximate surface area is 128 Å². The van der Waals surface area contributed by atoms with Gasteiger partial charge in [-0.25, -0.2) is 4.39 Å². The van der Waals surface area contributed by atoms with Crippen molar-refractivity contribution in [3.63, 3.8) is 0 Å². The minimum absolute atomic E-state index is 0.298. The predicted molar refractivity (Wildman–Crippen MR) is 81.0 cm³/mol. The molecule has 110 valence electrons. The summed E-state index contributed by atoms with van der Waals surface area (Å²) in [5, 5.41) is 0. The molecule has 1 saturated heterocycles. The van der Waals surface area contributed by atoms with E-state index in [1.165, 1.54) is 0 Å². The second-order valence-corrected chi connectivity index (χ2v) is 6.60. The monoisotopic (exact) mass is 344 g/mol. The summed E-state index contributed by atoms with van der Waals surface area (Å²) in [4.78, 5) is 0. The molecule has 0 N–H and O–H groups in total. The van der Waals surface area contributed by atoms with Crippen molar-refractivity contribution < 1.29 is 18.4 Å². The van der Waals surface area contributed by atoms with E-state index in [-0.39, 0.29) is 0 Å². The normalized spacial score (nSPS) is 20.2. The van der Waals surface area contributed by atoms with Crippen molar-refractivity contribution in [2.75, 3.05) is 6.61 Å². The second kappa shape index (κ2) is 5.32. The van der Waals surface area contributed by atoms with Crippen molar-refractivity contribution in [3.8, 4) is 5.75 Å². The predicted octanol–water partition coefficient (Wildman–Crippen LogP) is 3.29. The van der Waals surface area contributed by atoms with E-state index >= 15 is 0 Å². The molecular formula is C14H19BBrFO3. The number of hydrogen-bond acceptors (Lipinski definition) is 3. The van der Waals surface area contributed by atoms with Crippen LogP contribution < -0.4 is 10.2 Å². The van der Waals surface area contributed by atoms with Gasteiger partial charge in [-0.2, -0.15) is 0 Å². The molecule has 0 amide bonds. The van der Waals surface area contributed by atoms with Gasteiger partial charge in [-0.3, -0.25) is 0 Å². The van der Waals surface area contributed by atoms with E-state index in [2.05, 4.69) is 15.9 Å². The smallest absolute Gasteiger partial charge is 0.493 e. The molecule has 1 aliphatic rings. The number of benzene rings is 1. The van der Waals surface area contributed by atoms with Crippen LogP contribution in [0.5, 0.6) is 5.75 Å². The molecule has 0 spiro atoms. The fourth-order valence-electron chi connectivity index (χ4n) is 1.97. The van der Waals surface area contributed by atoms with Gasteiger partial charge >= 0.3 is 7.12 Å². The summed E-state index contributed by atoms with van der Waals surface area (Å²) >= 11 is 3.23. The van der Waals surface area contributed by atoms with Gasteiger partial charge in [0.2, 0.25) is 0 Å². The van der Waals surface area contributed by atoms with Crippen LogP contribution in [-0.4, -0.2) is 24.9 Å². The second-order valence-electron chi connectivity index (χ2n) is 5.80. The van der Waals surface area contributed by atoms with E-state index in [4.69, 9.17) is 14.0 Å². The first-order chi connectivity index (χ1) is 9.19. The van der Waals surface area contributed by atoms with Crippen LogP contribution in [0.4, 0.5) is 4.39 Å². The zero-order valence-electron chi connectivity index (χ0n) is 12.4. The highest BCUT2D eigenvalue weighted by Crippen LogP contribution is 2.37. The van der Waals surface area contributed by atoms with Gasteiger partial charge in [0.25, 0.3) is 0 Å². The minimum Gasteiger partial charge on any atom is -0.493 e. The summed E-state index contributed by atoms with van der Waals surface area (Å²) in [6, 6.07) is 3.37. The molecule has 0 unspecified atom stereocenters. The van der Waals surface area contributed by atoms with Crippen molar-refractivity contribution in [2.45, 2.75) is 45.8 Å². The minimum atomic E-state index is -0.716. The van der Waals surface area contributed by atoms with Gasteiger partial charge in [-0.05, 0) is 56.6 Å². The summed E-state index contributed by atoms with van der Waals surface area (Å²) < 4.78 is 31.8.